The Balaban J connectivity index is 0.942. The number of anilines is 3. The summed E-state index contributed by atoms with van der Waals surface area (Å²) in [5.41, 5.74) is 12.1. The van der Waals surface area contributed by atoms with Gasteiger partial charge in [0.1, 0.15) is 25.3 Å². The van der Waals surface area contributed by atoms with Gasteiger partial charge in [0.2, 0.25) is 23.6 Å². The Morgan fingerprint density at radius 3 is 1.62 bits per heavy atom. The van der Waals surface area contributed by atoms with E-state index in [9.17, 15) is 28.8 Å². The molecule has 4 atom stereocenters. The molecule has 370 valence electrons. The number of aliphatic imine (C=N–C) groups is 2. The molecule has 0 saturated carbocycles. The Morgan fingerprint density at radius 2 is 1.12 bits per heavy atom. The Kier molecular flexibility index (Phi) is 14.0. The van der Waals surface area contributed by atoms with Gasteiger partial charge in [-0.2, -0.15) is 0 Å². The predicted octanol–water partition coefficient (Wildman–Crippen LogP) is 6.43. The normalized spacial score (nSPS) is 16.6. The van der Waals surface area contributed by atoms with Crippen molar-refractivity contribution in [1.29, 1.82) is 0 Å². The molecule has 4 aliphatic rings. The van der Waals surface area contributed by atoms with E-state index in [0.717, 1.165) is 22.5 Å². The van der Waals surface area contributed by atoms with E-state index in [-0.39, 0.29) is 55.9 Å². The number of methoxy groups -OCH3 is 2. The number of nitrogens with one attached hydrogen (secondary N) is 3. The molecule has 72 heavy (non-hydrogen) atoms. The Morgan fingerprint density at radius 1 is 0.639 bits per heavy atom. The minimum absolute atomic E-state index is 0.0303. The predicted molar refractivity (Wildman–Crippen MR) is 270 cm³/mol. The number of carbonyl (C=O) groups excluding carboxylic acids is 6. The highest BCUT2D eigenvalue weighted by Gasteiger charge is 2.38. The monoisotopic (exact) mass is 974 g/mol. The maximum Gasteiger partial charge on any atom is 0.261 e. The SMILES string of the molecule is COc1cc2c(cc1OCc1cc(COc3cc4c(cc3OC)C(=O)N3c5ccccc5C[C@H]3C=N4)cc(NC(=O)[C@H](C)NC(=O)[C@@H](C)NC(=O)CCCCC(N)=O)c1)N=C[C@@H]1Cc3ccccc3N1C2=O. The number of unbranched alkanes of at least 4 members (excludes halogenated alkanes) is 1. The lowest BCUT2D eigenvalue weighted by Gasteiger charge is -2.22. The third-order valence-electron chi connectivity index (χ3n) is 13.0. The molecule has 0 unspecified atom stereocenters. The maximum absolute atomic E-state index is 14.1. The Hall–Kier alpha value is -8.54. The van der Waals surface area contributed by atoms with Gasteiger partial charge in [0.15, 0.2) is 23.0 Å². The number of amides is 6. The van der Waals surface area contributed by atoms with Crippen molar-refractivity contribution in [3.8, 4) is 23.0 Å². The molecule has 0 spiro atoms. The second-order valence-corrected chi connectivity index (χ2v) is 18.0. The first-order valence-corrected chi connectivity index (χ1v) is 23.7. The number of rotatable bonds is 18. The average Bonchev–Trinajstić information content (AvgIpc) is 3.86. The average molecular weight is 975 g/mol. The largest absolute Gasteiger partial charge is 0.493 e. The first-order valence-electron chi connectivity index (χ1n) is 23.7. The van der Waals surface area contributed by atoms with Crippen LogP contribution in [0.3, 0.4) is 0 Å². The molecule has 5 aromatic carbocycles. The van der Waals surface area contributed by atoms with Crippen molar-refractivity contribution in [2.75, 3.05) is 29.3 Å². The summed E-state index contributed by atoms with van der Waals surface area (Å²) >= 11 is 0. The van der Waals surface area contributed by atoms with Crippen molar-refractivity contribution < 1.29 is 47.7 Å². The van der Waals surface area contributed by atoms with Crippen molar-refractivity contribution in [2.24, 2.45) is 15.7 Å². The summed E-state index contributed by atoms with van der Waals surface area (Å²) in [5, 5.41) is 8.16. The molecule has 18 nitrogen and oxygen atoms in total. The summed E-state index contributed by atoms with van der Waals surface area (Å²) in [6, 6.07) is 25.0. The van der Waals surface area contributed by atoms with Crippen LogP contribution in [0.2, 0.25) is 0 Å². The molecule has 0 radical (unpaired) electrons. The molecule has 0 fully saturated rings. The van der Waals surface area contributed by atoms with E-state index >= 15 is 0 Å². The van der Waals surface area contributed by atoms with E-state index in [2.05, 4.69) is 16.0 Å². The van der Waals surface area contributed by atoms with Gasteiger partial charge in [-0.25, -0.2) is 0 Å². The summed E-state index contributed by atoms with van der Waals surface area (Å²) < 4.78 is 24.3. The molecule has 0 aliphatic carbocycles. The number of carbonyl (C=O) groups is 6. The minimum Gasteiger partial charge on any atom is -0.493 e. The number of nitrogens with zero attached hydrogens (tertiary/aromatic N) is 4. The van der Waals surface area contributed by atoms with E-state index in [1.807, 2.05) is 54.6 Å². The number of benzene rings is 5. The van der Waals surface area contributed by atoms with Crippen LogP contribution >= 0.6 is 0 Å². The van der Waals surface area contributed by atoms with Crippen molar-refractivity contribution in [3.63, 3.8) is 0 Å². The molecule has 6 amide bonds. The number of hydrogen-bond donors (Lipinski definition) is 4. The number of hydrogen-bond acceptors (Lipinski definition) is 12. The number of primary amides is 1. The summed E-state index contributed by atoms with van der Waals surface area (Å²) in [6.07, 6.45) is 5.99. The van der Waals surface area contributed by atoms with E-state index in [4.69, 9.17) is 34.7 Å². The van der Waals surface area contributed by atoms with E-state index in [0.29, 0.717) is 88.0 Å². The van der Waals surface area contributed by atoms with Gasteiger partial charge in [-0.1, -0.05) is 36.4 Å². The van der Waals surface area contributed by atoms with E-state index in [1.54, 1.807) is 58.6 Å². The molecule has 5 aromatic rings. The number of fused-ring (bicyclic) bond motifs is 8. The number of nitrogens with two attached hydrogens (primary N) is 1. The van der Waals surface area contributed by atoms with Crippen LogP contribution in [0.1, 0.15) is 82.5 Å². The standard InChI is InChI=1S/C54H54N8O10/c1-30(58-50(64)16-10-9-15-49(55)63)51(65)59-31(2)52(66)60-36-18-32(28-71-47-24-41-39(22-45(47)69-3)53(67)61-37(26-56-41)20-34-11-5-7-13-43(34)61)17-33(19-36)29-72-48-25-42-40(23-46(48)70-4)54(68)62-38(27-57-42)21-35-12-6-8-14-44(35)62/h5-8,11-14,17-19,22-27,30-31,37-38H,9-10,15-16,20-21,28-29H2,1-4H3,(H2,55,63)(H,58,64)(H,59,65)(H,60,66)/t30-,31+,37+,38+/m1/s1. The zero-order valence-corrected chi connectivity index (χ0v) is 40.2. The highest BCUT2D eigenvalue weighted by atomic mass is 16.5. The van der Waals surface area contributed by atoms with Gasteiger partial charge in [0, 0.05) is 67.3 Å². The maximum atomic E-state index is 14.1. The summed E-state index contributed by atoms with van der Waals surface area (Å²) in [7, 11) is 2.98. The molecule has 18 heteroatoms. The third-order valence-corrected chi connectivity index (χ3v) is 13.0. The van der Waals surface area contributed by atoms with Gasteiger partial charge in [-0.15, -0.1) is 0 Å². The first kappa shape index (κ1) is 48.5. The highest BCUT2D eigenvalue weighted by molar-refractivity contribution is 6.16. The fourth-order valence-electron chi connectivity index (χ4n) is 9.32. The van der Waals surface area contributed by atoms with Crippen LogP contribution < -0.4 is 50.4 Å². The van der Waals surface area contributed by atoms with Gasteiger partial charge >= 0.3 is 0 Å². The van der Waals surface area contributed by atoms with Gasteiger partial charge in [-0.3, -0.25) is 48.6 Å². The first-order chi connectivity index (χ1) is 34.8. The molecular weight excluding hydrogens is 921 g/mol. The molecule has 0 bridgehead atoms. The van der Waals surface area contributed by atoms with Crippen LogP contribution in [0.25, 0.3) is 0 Å². The van der Waals surface area contributed by atoms with Crippen molar-refractivity contribution in [2.45, 2.75) is 89.8 Å². The Labute approximate surface area is 415 Å². The molecular formula is C54H54N8O10. The van der Waals surface area contributed by atoms with Crippen LogP contribution in [-0.2, 0) is 45.2 Å². The lowest BCUT2D eigenvalue weighted by molar-refractivity contribution is -0.130. The second-order valence-electron chi connectivity index (χ2n) is 18.0. The van der Waals surface area contributed by atoms with Crippen molar-refractivity contribution >= 4 is 76.3 Å². The molecule has 0 aromatic heterocycles. The third kappa shape index (κ3) is 10.2. The lowest BCUT2D eigenvalue weighted by Crippen LogP contribution is -2.50. The van der Waals surface area contributed by atoms with Crippen molar-refractivity contribution in [1.82, 2.24) is 10.6 Å². The number of para-hydroxylation sites is 2. The minimum atomic E-state index is -1.03. The van der Waals surface area contributed by atoms with E-state index < -0.39 is 29.8 Å². The molecule has 9 rings (SSSR count). The van der Waals surface area contributed by atoms with Crippen LogP contribution in [0.5, 0.6) is 23.0 Å². The zero-order chi connectivity index (χ0) is 50.6. The van der Waals surface area contributed by atoms with Crippen molar-refractivity contribution in [3.05, 3.63) is 124 Å². The molecule has 4 aliphatic heterocycles. The quantitative estimate of drug-likeness (QED) is 0.0703. The van der Waals surface area contributed by atoms with Gasteiger partial charge < -0.3 is 40.6 Å². The van der Waals surface area contributed by atoms with Crippen LogP contribution in [0.4, 0.5) is 28.4 Å². The fourth-order valence-corrected chi connectivity index (χ4v) is 9.32. The Bertz CT molecular complexity index is 2900. The number of ether oxygens (including phenoxy) is 4. The molecule has 4 heterocycles. The lowest BCUT2D eigenvalue weighted by atomic mass is 10.1. The van der Waals surface area contributed by atoms with Crippen LogP contribution in [0.15, 0.2) is 101 Å². The van der Waals surface area contributed by atoms with Gasteiger partial charge in [0.25, 0.3) is 11.8 Å². The van der Waals surface area contributed by atoms with Gasteiger partial charge in [-0.05, 0) is 91.4 Å². The smallest absolute Gasteiger partial charge is 0.261 e. The summed E-state index contributed by atoms with van der Waals surface area (Å²) in [5.74, 6) is -1.07. The van der Waals surface area contributed by atoms with E-state index in [1.165, 1.54) is 28.1 Å². The molecule has 0 saturated heterocycles. The van der Waals surface area contributed by atoms with Crippen LogP contribution in [0, 0.1) is 0 Å². The fraction of sp³-hybridized carbons (Fsp3) is 0.296. The second kappa shape index (κ2) is 20.8. The summed E-state index contributed by atoms with van der Waals surface area (Å²) in [4.78, 5) is 91.4. The highest BCUT2D eigenvalue weighted by Crippen LogP contribution is 2.43. The molecule has 5 N–H and O–H groups in total. The van der Waals surface area contributed by atoms with Gasteiger partial charge in [0.05, 0.1) is 48.8 Å². The summed E-state index contributed by atoms with van der Waals surface area (Å²) in [6.45, 7) is 2.97. The zero-order valence-electron chi connectivity index (χ0n) is 40.2. The topological polar surface area (TPSA) is 233 Å². The van der Waals surface area contributed by atoms with Crippen LogP contribution in [-0.4, -0.2) is 86.3 Å².